The van der Waals surface area contributed by atoms with Crippen molar-refractivity contribution in [1.82, 2.24) is 0 Å². The minimum Gasteiger partial charge on any atom is -0.245 e. The van der Waals surface area contributed by atoms with Crippen molar-refractivity contribution in [3.8, 4) is 0 Å². The highest BCUT2D eigenvalue weighted by Gasteiger charge is 2.17. The Morgan fingerprint density at radius 1 is 1.00 bits per heavy atom. The predicted molar refractivity (Wildman–Crippen MR) is 84.5 cm³/mol. The summed E-state index contributed by atoms with van der Waals surface area (Å²) in [6.45, 7) is 11.7. The van der Waals surface area contributed by atoms with Crippen LogP contribution in [0.5, 0.6) is 0 Å². The summed E-state index contributed by atoms with van der Waals surface area (Å²) in [6.07, 6.45) is -0.428. The molecule has 5 heteroatoms. The van der Waals surface area contributed by atoms with Crippen LogP contribution >= 0.6 is 0 Å². The molecular formula is C16H26O4S. The maximum atomic E-state index is 11.6. The summed E-state index contributed by atoms with van der Waals surface area (Å²) in [5.74, 6) is 0.737. The monoisotopic (exact) mass is 314 g/mol. The van der Waals surface area contributed by atoms with Crippen molar-refractivity contribution in [2.24, 2.45) is 0 Å². The molecule has 0 N–H and O–H groups in total. The van der Waals surface area contributed by atoms with Crippen LogP contribution in [0.25, 0.3) is 0 Å². The van der Waals surface area contributed by atoms with Crippen molar-refractivity contribution in [3.05, 3.63) is 34.9 Å². The van der Waals surface area contributed by atoms with Crippen LogP contribution in [-0.2, 0) is 25.4 Å². The number of benzene rings is 1. The van der Waals surface area contributed by atoms with E-state index in [1.54, 1.807) is 13.8 Å². The van der Waals surface area contributed by atoms with Crippen LogP contribution < -0.4 is 0 Å². The molecule has 0 aliphatic rings. The highest BCUT2D eigenvalue weighted by molar-refractivity contribution is 7.81. The van der Waals surface area contributed by atoms with E-state index in [1.165, 1.54) is 5.56 Å². The first-order valence-corrected chi connectivity index (χ1v) is 8.66. The average molecular weight is 314 g/mol. The Hall–Kier alpha value is -0.910. The fourth-order valence-corrected chi connectivity index (χ4v) is 2.84. The van der Waals surface area contributed by atoms with Gasteiger partial charge in [0.2, 0.25) is 0 Å². The summed E-state index contributed by atoms with van der Waals surface area (Å²) in [7, 11) is -3.95. The van der Waals surface area contributed by atoms with Crippen molar-refractivity contribution in [1.29, 1.82) is 0 Å². The predicted octanol–water partition coefficient (Wildman–Crippen LogP) is 4.12. The van der Waals surface area contributed by atoms with Crippen molar-refractivity contribution in [2.75, 3.05) is 0 Å². The van der Waals surface area contributed by atoms with E-state index < -0.39 is 16.5 Å². The second kappa shape index (κ2) is 7.38. The van der Waals surface area contributed by atoms with E-state index in [0.29, 0.717) is 11.8 Å². The molecule has 0 radical (unpaired) electrons. The first-order chi connectivity index (χ1) is 9.62. The second-order valence-corrected chi connectivity index (χ2v) is 7.33. The zero-order chi connectivity index (χ0) is 16.2. The molecule has 0 atom stereocenters. The van der Waals surface area contributed by atoms with Crippen LogP contribution in [0.2, 0.25) is 0 Å². The number of hydrogen-bond donors (Lipinski definition) is 0. The molecule has 21 heavy (non-hydrogen) atoms. The minimum absolute atomic E-state index is 0.000934. The van der Waals surface area contributed by atoms with Crippen molar-refractivity contribution in [2.45, 2.75) is 66.1 Å². The lowest BCUT2D eigenvalue weighted by Gasteiger charge is -2.16. The largest absolute Gasteiger partial charge is 0.400 e. The van der Waals surface area contributed by atoms with E-state index in [2.05, 4.69) is 33.8 Å². The molecule has 0 bridgehead atoms. The molecular weight excluding hydrogens is 288 g/mol. The fraction of sp³-hybridized carbons (Fsp3) is 0.625. The Bertz CT molecular complexity index is 560. The van der Waals surface area contributed by atoms with Crippen LogP contribution in [0.1, 0.15) is 70.1 Å². The van der Waals surface area contributed by atoms with Gasteiger partial charge in [-0.25, -0.2) is 8.37 Å². The third-order valence-electron chi connectivity index (χ3n) is 3.13. The Morgan fingerprint density at radius 3 is 2.10 bits per heavy atom. The van der Waals surface area contributed by atoms with Gasteiger partial charge in [-0.3, -0.25) is 0 Å². The first-order valence-electron chi connectivity index (χ1n) is 7.32. The van der Waals surface area contributed by atoms with Gasteiger partial charge in [0.15, 0.2) is 0 Å². The fourth-order valence-electron chi connectivity index (χ4n) is 2.04. The first kappa shape index (κ1) is 18.1. The Balaban J connectivity index is 2.93. The SMILES string of the molecule is CC(C)OS(=O)(=O)OCc1ccc(C(C)C)cc1C(C)C. The van der Waals surface area contributed by atoms with E-state index in [1.807, 2.05) is 12.1 Å². The summed E-state index contributed by atoms with van der Waals surface area (Å²) >= 11 is 0. The van der Waals surface area contributed by atoms with Gasteiger partial charge in [-0.1, -0.05) is 45.9 Å². The summed E-state index contributed by atoms with van der Waals surface area (Å²) in [4.78, 5) is 0. The summed E-state index contributed by atoms with van der Waals surface area (Å²) in [5.41, 5.74) is 3.23. The molecule has 120 valence electrons. The Morgan fingerprint density at radius 2 is 1.62 bits per heavy atom. The van der Waals surface area contributed by atoms with Gasteiger partial charge in [-0.15, -0.1) is 0 Å². The third kappa shape index (κ3) is 5.77. The van der Waals surface area contributed by atoms with Gasteiger partial charge in [0.25, 0.3) is 0 Å². The maximum Gasteiger partial charge on any atom is 0.400 e. The topological polar surface area (TPSA) is 52.6 Å². The van der Waals surface area contributed by atoms with Crippen LogP contribution in [0, 0.1) is 0 Å². The van der Waals surface area contributed by atoms with Crippen LogP contribution in [0.4, 0.5) is 0 Å². The highest BCUT2D eigenvalue weighted by atomic mass is 32.3. The normalized spacial score (nSPS) is 12.6. The molecule has 0 spiro atoms. The standard InChI is InChI=1S/C16H26O4S/c1-11(2)14-7-8-15(16(9-14)12(3)4)10-19-21(17,18)20-13(5)6/h7-9,11-13H,10H2,1-6H3. The van der Waals surface area contributed by atoms with Crippen LogP contribution in [0.15, 0.2) is 18.2 Å². The smallest absolute Gasteiger partial charge is 0.245 e. The van der Waals surface area contributed by atoms with Crippen LogP contribution in [0.3, 0.4) is 0 Å². The molecule has 0 aliphatic heterocycles. The number of rotatable bonds is 7. The van der Waals surface area contributed by atoms with E-state index in [9.17, 15) is 8.42 Å². The molecule has 0 aliphatic carbocycles. The van der Waals surface area contributed by atoms with Gasteiger partial charge < -0.3 is 0 Å². The maximum absolute atomic E-state index is 11.6. The molecule has 4 nitrogen and oxygen atoms in total. The summed E-state index contributed by atoms with van der Waals surface area (Å²) < 4.78 is 33.0. The number of hydrogen-bond acceptors (Lipinski definition) is 4. The van der Waals surface area contributed by atoms with Gasteiger partial charge in [0.05, 0.1) is 12.7 Å². The zero-order valence-electron chi connectivity index (χ0n) is 13.7. The minimum atomic E-state index is -3.95. The van der Waals surface area contributed by atoms with Crippen molar-refractivity contribution >= 4 is 10.4 Å². The molecule has 0 fully saturated rings. The zero-order valence-corrected chi connectivity index (χ0v) is 14.5. The molecule has 0 saturated carbocycles. The third-order valence-corrected chi connectivity index (χ3v) is 4.15. The van der Waals surface area contributed by atoms with Gasteiger partial charge in [0.1, 0.15) is 0 Å². The molecule has 1 aromatic carbocycles. The average Bonchev–Trinajstić information content (AvgIpc) is 2.34. The molecule has 0 unspecified atom stereocenters. The van der Waals surface area contributed by atoms with Gasteiger partial charge >= 0.3 is 10.4 Å². The van der Waals surface area contributed by atoms with Gasteiger partial charge in [-0.2, -0.15) is 8.42 Å². The Kier molecular flexibility index (Phi) is 6.38. The second-order valence-electron chi connectivity index (χ2n) is 6.08. The quantitative estimate of drug-likeness (QED) is 0.759. The lowest BCUT2D eigenvalue weighted by atomic mass is 9.92. The highest BCUT2D eigenvalue weighted by Crippen LogP contribution is 2.26. The van der Waals surface area contributed by atoms with Gasteiger partial charge in [0, 0.05) is 0 Å². The summed E-state index contributed by atoms with van der Waals surface area (Å²) in [6, 6.07) is 6.09. The van der Waals surface area contributed by atoms with E-state index in [4.69, 9.17) is 8.37 Å². The van der Waals surface area contributed by atoms with Crippen molar-refractivity contribution < 1.29 is 16.8 Å². The molecule has 0 aromatic heterocycles. The lowest BCUT2D eigenvalue weighted by Crippen LogP contribution is -2.15. The lowest BCUT2D eigenvalue weighted by molar-refractivity contribution is 0.173. The molecule has 1 aromatic rings. The Labute approximate surface area is 128 Å². The molecule has 0 heterocycles. The van der Waals surface area contributed by atoms with Gasteiger partial charge in [-0.05, 0) is 42.4 Å². The molecule has 0 saturated heterocycles. The van der Waals surface area contributed by atoms with E-state index in [0.717, 1.165) is 11.1 Å². The van der Waals surface area contributed by atoms with Crippen molar-refractivity contribution in [3.63, 3.8) is 0 Å². The molecule has 0 amide bonds. The summed E-state index contributed by atoms with van der Waals surface area (Å²) in [5, 5.41) is 0. The molecule has 1 rings (SSSR count). The van der Waals surface area contributed by atoms with E-state index >= 15 is 0 Å². The van der Waals surface area contributed by atoms with E-state index in [-0.39, 0.29) is 6.61 Å². The van der Waals surface area contributed by atoms with Crippen LogP contribution in [-0.4, -0.2) is 14.5 Å².